The van der Waals surface area contributed by atoms with Crippen molar-refractivity contribution in [2.24, 2.45) is 0 Å². The van der Waals surface area contributed by atoms with Crippen LogP contribution in [0.2, 0.25) is 5.02 Å². The van der Waals surface area contributed by atoms with Crippen LogP contribution in [0.4, 0.5) is 10.5 Å². The van der Waals surface area contributed by atoms with Gasteiger partial charge in [-0.3, -0.25) is 15.0 Å². The summed E-state index contributed by atoms with van der Waals surface area (Å²) in [5.74, 6) is -0.256. The Kier molecular flexibility index (Phi) is 2.48. The number of H-pyrrole nitrogens is 1. The van der Waals surface area contributed by atoms with Crippen LogP contribution in [0.3, 0.4) is 0 Å². The molecule has 3 amide bonds. The summed E-state index contributed by atoms with van der Waals surface area (Å²) in [6, 6.07) is 5.02. The normalized spacial score (nSPS) is 16.2. The second-order valence-corrected chi connectivity index (χ2v) is 4.50. The predicted octanol–water partition coefficient (Wildman–Crippen LogP) is 2.27. The first-order valence-electron chi connectivity index (χ1n) is 5.54. The Balaban J connectivity index is 2.13. The summed E-state index contributed by atoms with van der Waals surface area (Å²) in [6.45, 7) is 0.342. The molecule has 1 aliphatic rings. The zero-order valence-corrected chi connectivity index (χ0v) is 10.1. The number of halogens is 1. The number of hydrogen-bond donors (Lipinski definition) is 2. The molecule has 18 heavy (non-hydrogen) atoms. The Morgan fingerprint density at radius 2 is 2.06 bits per heavy atom. The molecular weight excluding hydrogens is 254 g/mol. The summed E-state index contributed by atoms with van der Waals surface area (Å²) in [4.78, 5) is 27.6. The maximum absolute atomic E-state index is 11.8. The SMILES string of the molecule is O=C1CCN(c2c(Cl)ccc3[nH]ccc23)C(=O)N1. The number of carbonyl (C=O) groups excluding carboxylic acids is 2. The fraction of sp³-hybridized carbons (Fsp3) is 0.167. The van der Waals surface area contributed by atoms with Gasteiger partial charge in [-0.25, -0.2) is 4.79 Å². The van der Waals surface area contributed by atoms with Gasteiger partial charge in [0.2, 0.25) is 5.91 Å². The Morgan fingerprint density at radius 1 is 1.22 bits per heavy atom. The molecule has 3 rings (SSSR count). The number of amides is 3. The summed E-state index contributed by atoms with van der Waals surface area (Å²) >= 11 is 6.17. The third-order valence-corrected chi connectivity index (χ3v) is 3.29. The minimum atomic E-state index is -0.429. The highest BCUT2D eigenvalue weighted by Crippen LogP contribution is 2.34. The van der Waals surface area contributed by atoms with Gasteiger partial charge in [0.05, 0.1) is 10.7 Å². The maximum atomic E-state index is 11.8. The first-order valence-corrected chi connectivity index (χ1v) is 5.91. The number of imide groups is 1. The van der Waals surface area contributed by atoms with Gasteiger partial charge in [-0.1, -0.05) is 11.6 Å². The highest BCUT2D eigenvalue weighted by molar-refractivity contribution is 6.35. The van der Waals surface area contributed by atoms with Crippen LogP contribution in [0, 0.1) is 0 Å². The van der Waals surface area contributed by atoms with Crippen molar-refractivity contribution in [3.63, 3.8) is 0 Å². The van der Waals surface area contributed by atoms with Crippen molar-refractivity contribution in [3.05, 3.63) is 29.4 Å². The lowest BCUT2D eigenvalue weighted by Gasteiger charge is -2.27. The van der Waals surface area contributed by atoms with E-state index in [1.807, 2.05) is 12.1 Å². The lowest BCUT2D eigenvalue weighted by molar-refractivity contribution is -0.120. The number of carbonyl (C=O) groups is 2. The zero-order valence-electron chi connectivity index (χ0n) is 9.37. The van der Waals surface area contributed by atoms with Crippen LogP contribution >= 0.6 is 11.6 Å². The molecule has 6 heteroatoms. The summed E-state index contributed by atoms with van der Waals surface area (Å²) < 4.78 is 0. The molecule has 92 valence electrons. The van der Waals surface area contributed by atoms with Crippen molar-refractivity contribution < 1.29 is 9.59 Å². The monoisotopic (exact) mass is 263 g/mol. The van der Waals surface area contributed by atoms with Gasteiger partial charge in [-0.15, -0.1) is 0 Å². The third-order valence-electron chi connectivity index (χ3n) is 2.98. The molecule has 2 heterocycles. The van der Waals surface area contributed by atoms with Gasteiger partial charge >= 0.3 is 6.03 Å². The minimum absolute atomic E-state index is 0.256. The smallest absolute Gasteiger partial charge is 0.328 e. The molecule has 0 aliphatic carbocycles. The van der Waals surface area contributed by atoms with E-state index in [0.717, 1.165) is 10.9 Å². The molecule has 1 saturated heterocycles. The molecule has 1 aliphatic heterocycles. The number of nitrogens with zero attached hydrogens (tertiary/aromatic N) is 1. The van der Waals surface area contributed by atoms with Crippen LogP contribution in [-0.4, -0.2) is 23.5 Å². The molecule has 1 fully saturated rings. The fourth-order valence-corrected chi connectivity index (χ4v) is 2.41. The lowest BCUT2D eigenvalue weighted by atomic mass is 10.1. The van der Waals surface area contributed by atoms with E-state index in [-0.39, 0.29) is 12.3 Å². The van der Waals surface area contributed by atoms with Gasteiger partial charge in [0.15, 0.2) is 0 Å². The Morgan fingerprint density at radius 3 is 2.83 bits per heavy atom. The number of benzene rings is 1. The van der Waals surface area contributed by atoms with Crippen molar-refractivity contribution in [3.8, 4) is 0 Å². The largest absolute Gasteiger partial charge is 0.361 e. The Hall–Kier alpha value is -2.01. The molecule has 0 spiro atoms. The van der Waals surface area contributed by atoms with E-state index in [2.05, 4.69) is 10.3 Å². The van der Waals surface area contributed by atoms with Crippen molar-refractivity contribution in [2.75, 3.05) is 11.4 Å². The van der Waals surface area contributed by atoms with E-state index < -0.39 is 6.03 Å². The van der Waals surface area contributed by atoms with Crippen LogP contribution in [0.1, 0.15) is 6.42 Å². The maximum Gasteiger partial charge on any atom is 0.328 e. The summed E-state index contributed by atoms with van der Waals surface area (Å²) in [5.41, 5.74) is 1.54. The molecule has 0 bridgehead atoms. The molecule has 1 aromatic heterocycles. The molecule has 1 aromatic carbocycles. The number of hydrogen-bond acceptors (Lipinski definition) is 2. The van der Waals surface area contributed by atoms with Crippen molar-refractivity contribution in [1.29, 1.82) is 0 Å². The van der Waals surface area contributed by atoms with Gasteiger partial charge in [-0.05, 0) is 18.2 Å². The standard InChI is InChI=1S/C12H10ClN3O2/c13-8-1-2-9-7(3-5-14-9)11(8)16-6-4-10(17)15-12(16)18/h1-3,5,14H,4,6H2,(H,15,17,18). The number of rotatable bonds is 1. The van der Waals surface area contributed by atoms with Gasteiger partial charge in [0.1, 0.15) is 0 Å². The second kappa shape index (κ2) is 4.03. The molecule has 5 nitrogen and oxygen atoms in total. The van der Waals surface area contributed by atoms with Crippen molar-refractivity contribution in [1.82, 2.24) is 10.3 Å². The van der Waals surface area contributed by atoms with Gasteiger partial charge in [-0.2, -0.15) is 0 Å². The van der Waals surface area contributed by atoms with Crippen LogP contribution < -0.4 is 10.2 Å². The van der Waals surface area contributed by atoms with E-state index in [0.29, 0.717) is 17.3 Å². The molecule has 0 atom stereocenters. The average molecular weight is 264 g/mol. The molecule has 0 unspecified atom stereocenters. The first kappa shape index (κ1) is 11.1. The van der Waals surface area contributed by atoms with Gasteiger partial charge < -0.3 is 4.98 Å². The quantitative estimate of drug-likeness (QED) is 0.829. The second-order valence-electron chi connectivity index (χ2n) is 4.09. The summed E-state index contributed by atoms with van der Waals surface area (Å²) in [6.07, 6.45) is 2.07. The first-order chi connectivity index (χ1) is 8.66. The highest BCUT2D eigenvalue weighted by Gasteiger charge is 2.27. The van der Waals surface area contributed by atoms with E-state index in [1.54, 1.807) is 12.3 Å². The van der Waals surface area contributed by atoms with Crippen LogP contribution in [0.5, 0.6) is 0 Å². The highest BCUT2D eigenvalue weighted by atomic mass is 35.5. The Labute approximate surface area is 108 Å². The zero-order chi connectivity index (χ0) is 12.7. The molecule has 0 saturated carbocycles. The summed E-state index contributed by atoms with van der Waals surface area (Å²) in [5, 5.41) is 3.65. The number of aromatic amines is 1. The number of aromatic nitrogens is 1. The van der Waals surface area contributed by atoms with Gasteiger partial charge in [0.25, 0.3) is 0 Å². The molecule has 0 radical (unpaired) electrons. The molecule has 2 N–H and O–H groups in total. The predicted molar refractivity (Wildman–Crippen MR) is 68.8 cm³/mol. The number of anilines is 1. The topological polar surface area (TPSA) is 65.2 Å². The lowest BCUT2D eigenvalue weighted by Crippen LogP contribution is -2.49. The Bertz CT molecular complexity index is 650. The van der Waals surface area contributed by atoms with E-state index in [4.69, 9.17) is 11.6 Å². The molecule has 2 aromatic rings. The summed E-state index contributed by atoms with van der Waals surface area (Å²) in [7, 11) is 0. The van der Waals surface area contributed by atoms with Crippen LogP contribution in [0.25, 0.3) is 10.9 Å². The minimum Gasteiger partial charge on any atom is -0.361 e. The van der Waals surface area contributed by atoms with Crippen LogP contribution in [-0.2, 0) is 4.79 Å². The number of urea groups is 1. The van der Waals surface area contributed by atoms with E-state index in [1.165, 1.54) is 4.90 Å². The third kappa shape index (κ3) is 1.64. The fourth-order valence-electron chi connectivity index (χ4n) is 2.14. The number of nitrogens with one attached hydrogen (secondary N) is 2. The number of fused-ring (bicyclic) bond motifs is 1. The van der Waals surface area contributed by atoms with Crippen LogP contribution in [0.15, 0.2) is 24.4 Å². The van der Waals surface area contributed by atoms with E-state index >= 15 is 0 Å². The average Bonchev–Trinajstić information content (AvgIpc) is 2.79. The van der Waals surface area contributed by atoms with E-state index in [9.17, 15) is 9.59 Å². The van der Waals surface area contributed by atoms with Gasteiger partial charge in [0, 0.05) is 30.1 Å². The molecular formula is C12H10ClN3O2. The van der Waals surface area contributed by atoms with Crippen molar-refractivity contribution in [2.45, 2.75) is 6.42 Å². The van der Waals surface area contributed by atoms with Crippen molar-refractivity contribution >= 4 is 40.1 Å².